The standard InChI is InChI=1S/C21H14ClF2N3O5/c1-31-20(19-16(23)3-2-4-17(19)24)26-21(28)25-12-5-10-18(15(22)11-12)32-14-8-6-13(7-9-14)27(29)30/h2-11H,1H3,(H,25,28). The van der Waals surface area contributed by atoms with Gasteiger partial charge in [-0.05, 0) is 42.5 Å². The molecule has 0 aromatic heterocycles. The molecule has 3 rings (SSSR count). The van der Waals surface area contributed by atoms with E-state index < -0.39 is 34.1 Å². The molecule has 0 aliphatic heterocycles. The van der Waals surface area contributed by atoms with Crippen LogP contribution >= 0.6 is 11.6 Å². The second-order valence-corrected chi connectivity index (χ2v) is 6.55. The topological polar surface area (TPSA) is 103 Å². The summed E-state index contributed by atoms with van der Waals surface area (Å²) in [6, 6.07) is 11.9. The van der Waals surface area contributed by atoms with Crippen molar-refractivity contribution in [3.8, 4) is 11.5 Å². The van der Waals surface area contributed by atoms with Crippen molar-refractivity contribution in [2.24, 2.45) is 4.99 Å². The van der Waals surface area contributed by atoms with Crippen LogP contribution in [0.25, 0.3) is 0 Å². The summed E-state index contributed by atoms with van der Waals surface area (Å²) in [6.07, 6.45) is 0. The zero-order chi connectivity index (χ0) is 23.3. The number of nitrogens with zero attached hydrogens (tertiary/aromatic N) is 2. The molecule has 0 fully saturated rings. The normalized spacial score (nSPS) is 11.1. The molecule has 0 aliphatic carbocycles. The van der Waals surface area contributed by atoms with Crippen LogP contribution in [0.4, 0.5) is 25.0 Å². The highest BCUT2D eigenvalue weighted by molar-refractivity contribution is 6.32. The van der Waals surface area contributed by atoms with Crippen molar-refractivity contribution in [3.05, 3.63) is 93.0 Å². The number of hydrogen-bond acceptors (Lipinski definition) is 5. The minimum atomic E-state index is -0.954. The number of aliphatic imine (C=N–C) groups is 1. The predicted octanol–water partition coefficient (Wildman–Crippen LogP) is 5.94. The van der Waals surface area contributed by atoms with Crippen LogP contribution < -0.4 is 10.1 Å². The first-order valence-corrected chi connectivity index (χ1v) is 9.26. The first-order valence-electron chi connectivity index (χ1n) is 8.88. The van der Waals surface area contributed by atoms with Crippen molar-refractivity contribution >= 4 is 34.9 Å². The zero-order valence-corrected chi connectivity index (χ0v) is 17.1. The van der Waals surface area contributed by atoms with Crippen LogP contribution in [0.5, 0.6) is 11.5 Å². The minimum absolute atomic E-state index is 0.0900. The largest absolute Gasteiger partial charge is 0.480 e. The number of nitro groups is 1. The van der Waals surface area contributed by atoms with Gasteiger partial charge in [-0.15, -0.1) is 0 Å². The number of benzene rings is 3. The number of methoxy groups -OCH3 is 1. The van der Waals surface area contributed by atoms with E-state index in [1.165, 1.54) is 48.5 Å². The average Bonchev–Trinajstić information content (AvgIpc) is 2.75. The summed E-state index contributed by atoms with van der Waals surface area (Å²) < 4.78 is 38.2. The Labute approximate surface area is 185 Å². The number of nitrogens with one attached hydrogen (secondary N) is 1. The van der Waals surface area contributed by atoms with E-state index in [4.69, 9.17) is 21.1 Å². The fraction of sp³-hybridized carbons (Fsp3) is 0.0476. The van der Waals surface area contributed by atoms with Gasteiger partial charge in [0.15, 0.2) is 0 Å². The summed E-state index contributed by atoms with van der Waals surface area (Å²) >= 11 is 6.17. The molecule has 164 valence electrons. The number of carbonyl (C=O) groups excluding carboxylic acids is 1. The van der Waals surface area contributed by atoms with Gasteiger partial charge in [-0.2, -0.15) is 4.99 Å². The SMILES string of the molecule is COC(=NC(=O)Nc1ccc(Oc2ccc([N+](=O)[O-])cc2)c(Cl)c1)c1c(F)cccc1F. The van der Waals surface area contributed by atoms with Crippen molar-refractivity contribution < 1.29 is 28.0 Å². The van der Waals surface area contributed by atoms with Crippen molar-refractivity contribution in [2.45, 2.75) is 0 Å². The van der Waals surface area contributed by atoms with Crippen molar-refractivity contribution in [1.82, 2.24) is 0 Å². The number of anilines is 1. The molecule has 0 radical (unpaired) electrons. The van der Waals surface area contributed by atoms with Crippen LogP contribution in [-0.4, -0.2) is 24.0 Å². The average molecular weight is 462 g/mol. The summed E-state index contributed by atoms with van der Waals surface area (Å²) in [5, 5.41) is 13.2. The van der Waals surface area contributed by atoms with Gasteiger partial charge in [0.1, 0.15) is 28.7 Å². The first-order chi connectivity index (χ1) is 15.3. The summed E-state index contributed by atoms with van der Waals surface area (Å²) in [6.45, 7) is 0. The van der Waals surface area contributed by atoms with E-state index in [9.17, 15) is 23.7 Å². The third kappa shape index (κ3) is 5.35. The molecule has 0 spiro atoms. The highest BCUT2D eigenvalue weighted by Gasteiger charge is 2.17. The lowest BCUT2D eigenvalue weighted by Gasteiger charge is -2.10. The number of hydrogen-bond donors (Lipinski definition) is 1. The molecular formula is C21H14ClF2N3O5. The number of urea groups is 1. The van der Waals surface area contributed by atoms with Crippen LogP contribution in [0.3, 0.4) is 0 Å². The molecule has 8 nitrogen and oxygen atoms in total. The van der Waals surface area contributed by atoms with Crippen LogP contribution in [0.2, 0.25) is 5.02 Å². The van der Waals surface area contributed by atoms with Crippen LogP contribution in [-0.2, 0) is 4.74 Å². The molecule has 1 N–H and O–H groups in total. The number of rotatable bonds is 5. The lowest BCUT2D eigenvalue weighted by Crippen LogP contribution is -2.15. The van der Waals surface area contributed by atoms with E-state index >= 15 is 0 Å². The van der Waals surface area contributed by atoms with E-state index in [0.29, 0.717) is 5.75 Å². The Kier molecular flexibility index (Phi) is 6.96. The van der Waals surface area contributed by atoms with Crippen molar-refractivity contribution in [1.29, 1.82) is 0 Å². The molecule has 0 unspecified atom stereocenters. The van der Waals surface area contributed by atoms with Gasteiger partial charge in [-0.25, -0.2) is 13.6 Å². The number of ether oxygens (including phenoxy) is 2. The summed E-state index contributed by atoms with van der Waals surface area (Å²) in [7, 11) is 1.12. The Bertz CT molecular complexity index is 1180. The van der Waals surface area contributed by atoms with Crippen LogP contribution in [0.15, 0.2) is 65.7 Å². The van der Waals surface area contributed by atoms with E-state index in [0.717, 1.165) is 19.2 Å². The van der Waals surface area contributed by atoms with Gasteiger partial charge in [0, 0.05) is 17.8 Å². The summed E-state index contributed by atoms with van der Waals surface area (Å²) in [5.41, 5.74) is -0.438. The predicted molar refractivity (Wildman–Crippen MR) is 114 cm³/mol. The molecular weight excluding hydrogens is 448 g/mol. The molecule has 0 heterocycles. The second kappa shape index (κ2) is 9.84. The second-order valence-electron chi connectivity index (χ2n) is 6.15. The maximum atomic E-state index is 13.9. The number of halogens is 3. The molecule has 3 aromatic rings. The Hall–Kier alpha value is -4.05. The van der Waals surface area contributed by atoms with E-state index in [2.05, 4.69) is 10.3 Å². The molecule has 2 amide bonds. The van der Waals surface area contributed by atoms with E-state index in [1.54, 1.807) is 0 Å². The molecule has 0 atom stereocenters. The van der Waals surface area contributed by atoms with Gasteiger partial charge < -0.3 is 14.8 Å². The maximum Gasteiger partial charge on any atom is 0.348 e. The Morgan fingerprint density at radius 3 is 2.31 bits per heavy atom. The monoisotopic (exact) mass is 461 g/mol. The highest BCUT2D eigenvalue weighted by atomic mass is 35.5. The fourth-order valence-electron chi connectivity index (χ4n) is 2.57. The smallest absolute Gasteiger partial charge is 0.348 e. The third-order valence-corrected chi connectivity index (χ3v) is 4.33. The molecule has 32 heavy (non-hydrogen) atoms. The molecule has 3 aromatic carbocycles. The molecule has 11 heteroatoms. The maximum absolute atomic E-state index is 13.9. The van der Waals surface area contributed by atoms with Crippen LogP contribution in [0, 0.1) is 21.7 Å². The number of non-ortho nitro benzene ring substituents is 1. The molecule has 0 saturated heterocycles. The van der Waals surface area contributed by atoms with Gasteiger partial charge >= 0.3 is 6.03 Å². The van der Waals surface area contributed by atoms with Gasteiger partial charge in [0.05, 0.1) is 17.1 Å². The zero-order valence-electron chi connectivity index (χ0n) is 16.3. The molecule has 0 aliphatic rings. The minimum Gasteiger partial charge on any atom is -0.480 e. The lowest BCUT2D eigenvalue weighted by molar-refractivity contribution is -0.384. The van der Waals surface area contributed by atoms with Gasteiger partial charge in [-0.1, -0.05) is 17.7 Å². The Balaban J connectivity index is 1.74. The fourth-order valence-corrected chi connectivity index (χ4v) is 2.79. The number of amides is 2. The quantitative estimate of drug-likeness (QED) is 0.219. The van der Waals surface area contributed by atoms with E-state index in [-0.39, 0.29) is 22.1 Å². The van der Waals surface area contributed by atoms with Gasteiger partial charge in [-0.3, -0.25) is 10.1 Å². The third-order valence-electron chi connectivity index (χ3n) is 4.03. The number of carbonyl (C=O) groups is 1. The molecule has 0 bridgehead atoms. The van der Waals surface area contributed by atoms with Crippen molar-refractivity contribution in [2.75, 3.05) is 12.4 Å². The van der Waals surface area contributed by atoms with E-state index in [1.807, 2.05) is 0 Å². The summed E-state index contributed by atoms with van der Waals surface area (Å²) in [5.74, 6) is -1.87. The lowest BCUT2D eigenvalue weighted by atomic mass is 10.2. The molecule has 0 saturated carbocycles. The Morgan fingerprint density at radius 2 is 1.75 bits per heavy atom. The van der Waals surface area contributed by atoms with Gasteiger partial charge in [0.2, 0.25) is 5.90 Å². The highest BCUT2D eigenvalue weighted by Crippen LogP contribution is 2.32. The Morgan fingerprint density at radius 1 is 1.09 bits per heavy atom. The first kappa shape index (κ1) is 22.6. The summed E-state index contributed by atoms with van der Waals surface area (Å²) in [4.78, 5) is 25.9. The van der Waals surface area contributed by atoms with Crippen molar-refractivity contribution in [3.63, 3.8) is 0 Å². The van der Waals surface area contributed by atoms with Gasteiger partial charge in [0.25, 0.3) is 5.69 Å². The van der Waals surface area contributed by atoms with Crippen LogP contribution in [0.1, 0.15) is 5.56 Å². The number of nitro benzene ring substituents is 1.